The van der Waals surface area contributed by atoms with Crippen LogP contribution >= 0.6 is 0 Å². The summed E-state index contributed by atoms with van der Waals surface area (Å²) in [4.78, 5) is 11.5. The maximum absolute atomic E-state index is 11.5. The molecule has 2 aromatic rings. The molecule has 0 spiro atoms. The molecule has 0 aromatic heterocycles. The van der Waals surface area contributed by atoms with Gasteiger partial charge in [-0.05, 0) is 54.3 Å². The molecule has 2 aromatic carbocycles. The maximum Gasteiger partial charge on any atom is 0.249 e. The lowest BCUT2D eigenvalue weighted by molar-refractivity contribution is 0.100. The molecule has 1 aliphatic rings. The molecule has 3 rings (SSSR count). The van der Waals surface area contributed by atoms with E-state index in [0.717, 1.165) is 31.3 Å². The molecule has 0 saturated carbocycles. The van der Waals surface area contributed by atoms with Crippen molar-refractivity contribution in [3.63, 3.8) is 0 Å². The first-order valence-corrected chi connectivity index (χ1v) is 6.79. The lowest BCUT2D eigenvalue weighted by Crippen LogP contribution is -2.26. The molecule has 0 unspecified atom stereocenters. The molecule has 1 fully saturated rings. The van der Waals surface area contributed by atoms with Gasteiger partial charge >= 0.3 is 0 Å². The van der Waals surface area contributed by atoms with Crippen LogP contribution in [0.15, 0.2) is 36.4 Å². The van der Waals surface area contributed by atoms with Crippen LogP contribution in [0.2, 0.25) is 0 Å². The number of nitrogens with two attached hydrogens (primary N) is 1. The van der Waals surface area contributed by atoms with Crippen molar-refractivity contribution in [1.29, 1.82) is 0 Å². The summed E-state index contributed by atoms with van der Waals surface area (Å²) in [5, 5.41) is 5.54. The molecule has 3 N–H and O–H groups in total. The Kier molecular flexibility index (Phi) is 3.22. The Morgan fingerprint density at radius 1 is 1.05 bits per heavy atom. The van der Waals surface area contributed by atoms with Gasteiger partial charge in [-0.2, -0.15) is 0 Å². The first-order valence-electron chi connectivity index (χ1n) is 6.79. The number of benzene rings is 2. The smallest absolute Gasteiger partial charge is 0.249 e. The lowest BCUT2D eigenvalue weighted by atomic mass is 9.86. The zero-order chi connectivity index (χ0) is 13.2. The van der Waals surface area contributed by atoms with Gasteiger partial charge in [0.1, 0.15) is 0 Å². The molecule has 0 bridgehead atoms. The standard InChI is InChI=1S/C16H18N2O/c17-16(19)15-6-5-12(11-7-9-18-10-8-11)13-3-1-2-4-14(13)15/h1-6,11,18H,7-10H2,(H2,17,19). The minimum absolute atomic E-state index is 0.354. The largest absolute Gasteiger partial charge is 0.366 e. The highest BCUT2D eigenvalue weighted by Crippen LogP contribution is 2.32. The van der Waals surface area contributed by atoms with Crippen LogP contribution in [0.4, 0.5) is 0 Å². The van der Waals surface area contributed by atoms with E-state index in [0.29, 0.717) is 11.5 Å². The number of primary amides is 1. The molecule has 1 amide bonds. The summed E-state index contributed by atoms with van der Waals surface area (Å²) in [5.41, 5.74) is 7.43. The summed E-state index contributed by atoms with van der Waals surface area (Å²) in [7, 11) is 0. The zero-order valence-corrected chi connectivity index (χ0v) is 10.9. The van der Waals surface area contributed by atoms with Crippen molar-refractivity contribution >= 4 is 16.7 Å². The number of carbonyl (C=O) groups is 1. The topological polar surface area (TPSA) is 55.1 Å². The molecule has 19 heavy (non-hydrogen) atoms. The summed E-state index contributed by atoms with van der Waals surface area (Å²) >= 11 is 0. The molecule has 1 aliphatic heterocycles. The third kappa shape index (κ3) is 2.22. The van der Waals surface area contributed by atoms with Crippen LogP contribution in [0.25, 0.3) is 10.8 Å². The van der Waals surface area contributed by atoms with Gasteiger partial charge in [-0.15, -0.1) is 0 Å². The highest BCUT2D eigenvalue weighted by atomic mass is 16.1. The monoisotopic (exact) mass is 254 g/mol. The number of hydrogen-bond donors (Lipinski definition) is 2. The van der Waals surface area contributed by atoms with Gasteiger partial charge in [-0.3, -0.25) is 4.79 Å². The first-order chi connectivity index (χ1) is 9.27. The Hall–Kier alpha value is -1.87. The molecule has 98 valence electrons. The second-order valence-electron chi connectivity index (χ2n) is 5.14. The number of piperidine rings is 1. The van der Waals surface area contributed by atoms with Gasteiger partial charge < -0.3 is 11.1 Å². The van der Waals surface area contributed by atoms with Crippen LogP contribution in [0, 0.1) is 0 Å². The third-order valence-corrected chi connectivity index (χ3v) is 4.00. The summed E-state index contributed by atoms with van der Waals surface area (Å²) < 4.78 is 0. The van der Waals surface area contributed by atoms with E-state index in [9.17, 15) is 4.79 Å². The predicted octanol–water partition coefficient (Wildman–Crippen LogP) is 2.41. The molecule has 1 heterocycles. The Morgan fingerprint density at radius 2 is 1.74 bits per heavy atom. The van der Waals surface area contributed by atoms with Gasteiger partial charge in [0.15, 0.2) is 0 Å². The second-order valence-corrected chi connectivity index (χ2v) is 5.14. The van der Waals surface area contributed by atoms with E-state index in [1.165, 1.54) is 10.9 Å². The molecule has 1 saturated heterocycles. The highest BCUT2D eigenvalue weighted by Gasteiger charge is 2.18. The fraction of sp³-hybridized carbons (Fsp3) is 0.312. The van der Waals surface area contributed by atoms with Gasteiger partial charge in [-0.25, -0.2) is 0 Å². The lowest BCUT2D eigenvalue weighted by Gasteiger charge is -2.24. The van der Waals surface area contributed by atoms with Crippen LogP contribution in [-0.4, -0.2) is 19.0 Å². The Balaban J connectivity index is 2.15. The zero-order valence-electron chi connectivity index (χ0n) is 10.9. The third-order valence-electron chi connectivity index (χ3n) is 4.00. The van der Waals surface area contributed by atoms with Gasteiger partial charge in [0.2, 0.25) is 5.91 Å². The van der Waals surface area contributed by atoms with Gasteiger partial charge in [-0.1, -0.05) is 30.3 Å². The van der Waals surface area contributed by atoms with Crippen LogP contribution < -0.4 is 11.1 Å². The number of rotatable bonds is 2. The van der Waals surface area contributed by atoms with Gasteiger partial charge in [0.25, 0.3) is 0 Å². The molecular weight excluding hydrogens is 236 g/mol. The Bertz CT molecular complexity index is 615. The van der Waals surface area contributed by atoms with Crippen molar-refractivity contribution in [2.75, 3.05) is 13.1 Å². The van der Waals surface area contributed by atoms with Crippen molar-refractivity contribution in [3.05, 3.63) is 47.5 Å². The molecule has 0 radical (unpaired) electrons. The van der Waals surface area contributed by atoms with E-state index in [1.807, 2.05) is 24.3 Å². The van der Waals surface area contributed by atoms with Crippen LogP contribution in [0.5, 0.6) is 0 Å². The Morgan fingerprint density at radius 3 is 2.42 bits per heavy atom. The van der Waals surface area contributed by atoms with E-state index in [4.69, 9.17) is 5.73 Å². The van der Waals surface area contributed by atoms with Crippen LogP contribution in [-0.2, 0) is 0 Å². The van der Waals surface area contributed by atoms with E-state index in [2.05, 4.69) is 17.4 Å². The van der Waals surface area contributed by atoms with E-state index >= 15 is 0 Å². The summed E-state index contributed by atoms with van der Waals surface area (Å²) in [6.07, 6.45) is 2.31. The van der Waals surface area contributed by atoms with Crippen molar-refractivity contribution in [1.82, 2.24) is 5.32 Å². The molecule has 3 heteroatoms. The van der Waals surface area contributed by atoms with E-state index in [1.54, 1.807) is 0 Å². The molecular formula is C16H18N2O. The number of fused-ring (bicyclic) bond motifs is 1. The average Bonchev–Trinajstić information content (AvgIpc) is 2.47. The molecule has 0 aliphatic carbocycles. The van der Waals surface area contributed by atoms with Crippen molar-refractivity contribution in [3.8, 4) is 0 Å². The van der Waals surface area contributed by atoms with E-state index < -0.39 is 0 Å². The number of hydrogen-bond acceptors (Lipinski definition) is 2. The molecule has 3 nitrogen and oxygen atoms in total. The SMILES string of the molecule is NC(=O)c1ccc(C2CCNCC2)c2ccccc12. The normalized spacial score (nSPS) is 16.6. The van der Waals surface area contributed by atoms with Crippen LogP contribution in [0.3, 0.4) is 0 Å². The van der Waals surface area contributed by atoms with Gasteiger partial charge in [0, 0.05) is 5.56 Å². The summed E-state index contributed by atoms with van der Waals surface area (Å²) in [6.45, 7) is 2.13. The van der Waals surface area contributed by atoms with Crippen molar-refractivity contribution in [2.24, 2.45) is 5.73 Å². The van der Waals surface area contributed by atoms with Crippen molar-refractivity contribution < 1.29 is 4.79 Å². The minimum atomic E-state index is -0.354. The average molecular weight is 254 g/mol. The molecule has 0 atom stereocenters. The quantitative estimate of drug-likeness (QED) is 0.864. The summed E-state index contributed by atoms with van der Waals surface area (Å²) in [6, 6.07) is 12.0. The minimum Gasteiger partial charge on any atom is -0.366 e. The predicted molar refractivity (Wildman–Crippen MR) is 77.3 cm³/mol. The Labute approximate surface area is 112 Å². The first kappa shape index (κ1) is 12.2. The maximum atomic E-state index is 11.5. The summed E-state index contributed by atoms with van der Waals surface area (Å²) in [5.74, 6) is 0.223. The van der Waals surface area contributed by atoms with Crippen molar-refractivity contribution in [2.45, 2.75) is 18.8 Å². The van der Waals surface area contributed by atoms with Crippen LogP contribution in [0.1, 0.15) is 34.7 Å². The second kappa shape index (κ2) is 5.02. The fourth-order valence-electron chi connectivity index (χ4n) is 3.03. The number of amides is 1. The number of nitrogens with one attached hydrogen (secondary N) is 1. The highest BCUT2D eigenvalue weighted by molar-refractivity contribution is 6.07. The van der Waals surface area contributed by atoms with E-state index in [-0.39, 0.29) is 5.91 Å². The number of carbonyl (C=O) groups excluding carboxylic acids is 1. The van der Waals surface area contributed by atoms with Gasteiger partial charge in [0.05, 0.1) is 0 Å². The fourth-order valence-corrected chi connectivity index (χ4v) is 3.03.